The lowest BCUT2D eigenvalue weighted by Gasteiger charge is -2.30. The van der Waals surface area contributed by atoms with Crippen LogP contribution in [0.2, 0.25) is 0 Å². The number of ketones is 1. The van der Waals surface area contributed by atoms with Gasteiger partial charge in [0.1, 0.15) is 11.6 Å². The van der Waals surface area contributed by atoms with Gasteiger partial charge in [-0.15, -0.1) is 17.0 Å². The molecule has 0 radical (unpaired) electrons. The summed E-state index contributed by atoms with van der Waals surface area (Å²) in [7, 11) is 2.73. The van der Waals surface area contributed by atoms with Gasteiger partial charge >= 0.3 is 5.97 Å². The number of rotatable bonds is 13. The Morgan fingerprint density at radius 2 is 1.82 bits per heavy atom. The molecule has 45 heavy (non-hydrogen) atoms. The first-order valence-electron chi connectivity index (χ1n) is 14.6. The molecule has 13 heteroatoms. The summed E-state index contributed by atoms with van der Waals surface area (Å²) >= 11 is 0. The molecule has 1 fully saturated rings. The molecule has 4 N–H and O–H groups in total. The Labute approximate surface area is 273 Å². The molecule has 11 nitrogen and oxygen atoms in total. The summed E-state index contributed by atoms with van der Waals surface area (Å²) in [5.41, 5.74) is 7.59. The fourth-order valence-electron chi connectivity index (χ4n) is 5.71. The number of aliphatic carboxylic acids is 1. The molecule has 246 valence electrons. The lowest BCUT2D eigenvalue weighted by atomic mass is 9.84. The number of fused-ring (bicyclic) bond motifs is 1. The summed E-state index contributed by atoms with van der Waals surface area (Å²) in [6.07, 6.45) is 1.60. The number of nitrogens with one attached hydrogen (secondary N) is 1. The third-order valence-electron chi connectivity index (χ3n) is 8.10. The third kappa shape index (κ3) is 7.69. The highest BCUT2D eigenvalue weighted by Crippen LogP contribution is 2.43. The van der Waals surface area contributed by atoms with Crippen LogP contribution in [0.3, 0.4) is 0 Å². The van der Waals surface area contributed by atoms with E-state index in [9.17, 15) is 14.4 Å². The van der Waals surface area contributed by atoms with Crippen LogP contribution in [0, 0.1) is 17.1 Å². The maximum absolute atomic E-state index is 15.3. The highest BCUT2D eigenvalue weighted by Gasteiger charge is 2.35. The second-order valence-electron chi connectivity index (χ2n) is 12.2. The molecule has 1 saturated heterocycles. The molecule has 2 aromatic carbocycles. The number of ether oxygens (including phenoxy) is 3. The number of nitrogens with zero attached hydrogens (tertiary/aromatic N) is 2. The third-order valence-corrected chi connectivity index (χ3v) is 8.10. The molecule has 0 bridgehead atoms. The van der Waals surface area contributed by atoms with Crippen molar-refractivity contribution in [1.29, 1.82) is 5.41 Å². The number of halogens is 2. The Morgan fingerprint density at radius 3 is 2.40 bits per heavy atom. The van der Waals surface area contributed by atoms with Crippen LogP contribution in [0.25, 0.3) is 0 Å². The van der Waals surface area contributed by atoms with Crippen LogP contribution in [0.1, 0.15) is 73.5 Å². The molecule has 1 atom stereocenters. The molecule has 0 saturated carbocycles. The monoisotopic (exact) mass is 692 g/mol. The van der Waals surface area contributed by atoms with Crippen LogP contribution < -0.4 is 24.8 Å². The smallest absolute Gasteiger partial charge is 0.303 e. The van der Waals surface area contributed by atoms with Crippen molar-refractivity contribution >= 4 is 46.2 Å². The van der Waals surface area contributed by atoms with Gasteiger partial charge in [-0.2, -0.15) is 0 Å². The number of Topliss-reactive ketones (excluding diaryl/α,β-unsaturated/α-hetero) is 1. The maximum Gasteiger partial charge on any atom is 0.303 e. The van der Waals surface area contributed by atoms with Gasteiger partial charge in [0.25, 0.3) is 0 Å². The first-order valence-corrected chi connectivity index (χ1v) is 14.6. The summed E-state index contributed by atoms with van der Waals surface area (Å²) in [5.74, 6) is -2.00. The normalized spacial score (nSPS) is 15.9. The number of unbranched alkanes of at least 4 members (excludes halogenated alkanes) is 1. The van der Waals surface area contributed by atoms with Gasteiger partial charge in [0.15, 0.2) is 23.1 Å². The van der Waals surface area contributed by atoms with E-state index in [0.717, 1.165) is 5.56 Å². The second kappa shape index (κ2) is 14.5. The predicted octanol–water partition coefficient (Wildman–Crippen LogP) is 4.69. The number of carbonyl (C=O) groups is 3. The Kier molecular flexibility index (Phi) is 11.5. The van der Waals surface area contributed by atoms with Crippen LogP contribution in [0.15, 0.2) is 18.2 Å². The highest BCUT2D eigenvalue weighted by molar-refractivity contribution is 8.93. The molecule has 2 aliphatic rings. The molecule has 0 aliphatic carbocycles. The quantitative estimate of drug-likeness (QED) is 0.200. The van der Waals surface area contributed by atoms with Crippen LogP contribution in [0.4, 0.5) is 10.1 Å². The maximum atomic E-state index is 15.3. The second-order valence-corrected chi connectivity index (χ2v) is 12.2. The molecule has 2 aliphatic heterocycles. The van der Waals surface area contributed by atoms with Crippen molar-refractivity contribution in [3.8, 4) is 17.2 Å². The van der Waals surface area contributed by atoms with Gasteiger partial charge in [0.2, 0.25) is 5.91 Å². The Balaban J connectivity index is 0.00000552. The van der Waals surface area contributed by atoms with E-state index >= 15 is 4.39 Å². The van der Waals surface area contributed by atoms with Crippen LogP contribution in [-0.4, -0.2) is 74.0 Å². The first-order chi connectivity index (χ1) is 20.8. The van der Waals surface area contributed by atoms with Crippen molar-refractivity contribution in [2.45, 2.75) is 58.4 Å². The predicted molar refractivity (Wildman–Crippen MR) is 173 cm³/mol. The summed E-state index contributed by atoms with van der Waals surface area (Å²) in [4.78, 5) is 40.3. The molecule has 2 heterocycles. The minimum atomic E-state index is -0.867. The topological polar surface area (TPSA) is 155 Å². The Hall–Kier alpha value is -3.87. The van der Waals surface area contributed by atoms with E-state index < -0.39 is 17.2 Å². The lowest BCUT2D eigenvalue weighted by molar-refractivity contribution is -0.137. The minimum Gasteiger partial charge on any atom is -0.493 e. The number of amidine groups is 1. The summed E-state index contributed by atoms with van der Waals surface area (Å²) in [6.45, 7) is 7.20. The van der Waals surface area contributed by atoms with Gasteiger partial charge in [-0.05, 0) is 48.4 Å². The van der Waals surface area contributed by atoms with Crippen LogP contribution in [0.5, 0.6) is 17.2 Å². The lowest BCUT2D eigenvalue weighted by Crippen LogP contribution is -2.31. The largest absolute Gasteiger partial charge is 0.493 e. The number of primary amides is 1. The van der Waals surface area contributed by atoms with Crippen molar-refractivity contribution in [3.63, 3.8) is 0 Å². The number of carboxylic acids is 1. The number of benzene rings is 2. The molecule has 0 aromatic heterocycles. The van der Waals surface area contributed by atoms with E-state index in [1.807, 2.05) is 25.7 Å². The van der Waals surface area contributed by atoms with E-state index in [0.29, 0.717) is 54.9 Å². The summed E-state index contributed by atoms with van der Waals surface area (Å²) < 4.78 is 32.0. The van der Waals surface area contributed by atoms with Crippen molar-refractivity contribution in [1.82, 2.24) is 4.90 Å². The van der Waals surface area contributed by atoms with E-state index in [-0.39, 0.29) is 83.6 Å². The van der Waals surface area contributed by atoms with Crippen molar-refractivity contribution < 1.29 is 38.1 Å². The SMILES string of the molecule is Br.COc1cc2c(c(F)c1OC)C(=N)N(CC(=O)c1cc(N3CCC(C(N)=O)C3)c(OCCCCC(=O)O)c(C(C)(C)C)c1)C2. The number of methoxy groups -OCH3 is 2. The van der Waals surface area contributed by atoms with E-state index in [1.165, 1.54) is 19.1 Å². The standard InChI is InChI=1S/C32H41FN4O7.BrH/c1-32(2,3)21-12-19(23(38)17-37-16-20-14-24(42-4)29(43-5)27(33)26(20)30(37)34)13-22(36-10-9-18(15-36)31(35)41)28(21)44-11-7-6-8-25(39)40;/h12-14,18,34H,6-11,15-17H2,1-5H3,(H2,35,41)(H,39,40);1H. The van der Waals surface area contributed by atoms with Crippen LogP contribution >= 0.6 is 17.0 Å². The number of nitrogens with two attached hydrogens (primary N) is 1. The molecule has 1 amide bonds. The number of carbonyl (C=O) groups excluding carboxylic acids is 2. The zero-order valence-electron chi connectivity index (χ0n) is 26.3. The minimum absolute atomic E-state index is 0. The van der Waals surface area contributed by atoms with E-state index in [2.05, 4.69) is 0 Å². The molecule has 2 aromatic rings. The number of amides is 1. The van der Waals surface area contributed by atoms with Gasteiger partial charge in [0, 0.05) is 37.2 Å². The highest BCUT2D eigenvalue weighted by atomic mass is 79.9. The molecule has 0 spiro atoms. The summed E-state index contributed by atoms with van der Waals surface area (Å²) in [6, 6.07) is 5.16. The van der Waals surface area contributed by atoms with Crippen molar-refractivity contribution in [2.75, 3.05) is 45.4 Å². The summed E-state index contributed by atoms with van der Waals surface area (Å²) in [5, 5.41) is 17.7. The molecular formula is C32H42BrFN4O7. The number of carboxylic acid groups (broad SMARTS) is 1. The fourth-order valence-corrected chi connectivity index (χ4v) is 5.71. The average molecular weight is 694 g/mol. The van der Waals surface area contributed by atoms with Gasteiger partial charge in [-0.25, -0.2) is 4.39 Å². The molecule has 4 rings (SSSR count). The average Bonchev–Trinajstić information content (AvgIpc) is 3.57. The number of hydrogen-bond acceptors (Lipinski definition) is 8. The van der Waals surface area contributed by atoms with E-state index in [1.54, 1.807) is 18.2 Å². The zero-order chi connectivity index (χ0) is 32.3. The molecule has 1 unspecified atom stereocenters. The first kappa shape index (κ1) is 35.6. The van der Waals surface area contributed by atoms with Gasteiger partial charge in [0.05, 0.1) is 44.5 Å². The van der Waals surface area contributed by atoms with E-state index in [4.69, 9.17) is 30.5 Å². The van der Waals surface area contributed by atoms with Crippen LogP contribution in [-0.2, 0) is 21.5 Å². The zero-order valence-corrected chi connectivity index (χ0v) is 28.0. The van der Waals surface area contributed by atoms with Crippen molar-refractivity contribution in [3.05, 3.63) is 46.3 Å². The fraction of sp³-hybridized carbons (Fsp3) is 0.500. The van der Waals surface area contributed by atoms with Crippen molar-refractivity contribution in [2.24, 2.45) is 11.7 Å². The van der Waals surface area contributed by atoms with Gasteiger partial charge < -0.3 is 34.9 Å². The van der Waals surface area contributed by atoms with Gasteiger partial charge in [-0.1, -0.05) is 20.8 Å². The Morgan fingerprint density at radius 1 is 1.11 bits per heavy atom. The number of hydrogen-bond donors (Lipinski definition) is 3. The Bertz CT molecular complexity index is 1480. The molecular weight excluding hydrogens is 651 g/mol. The number of anilines is 1. The van der Waals surface area contributed by atoms with Gasteiger partial charge in [-0.3, -0.25) is 19.8 Å².